The highest BCUT2D eigenvalue weighted by Crippen LogP contribution is 2.31. The molecule has 138 valence electrons. The lowest BCUT2D eigenvalue weighted by molar-refractivity contribution is 0.0631. The molecule has 0 radical (unpaired) electrons. The summed E-state index contributed by atoms with van der Waals surface area (Å²) in [7, 11) is 1.65. The third-order valence-corrected chi connectivity index (χ3v) is 4.73. The van der Waals surface area contributed by atoms with Gasteiger partial charge in [0.05, 0.1) is 13.2 Å². The number of benzene rings is 1. The van der Waals surface area contributed by atoms with E-state index in [9.17, 15) is 4.79 Å². The Kier molecular flexibility index (Phi) is 4.84. The van der Waals surface area contributed by atoms with Gasteiger partial charge in [0.2, 0.25) is 0 Å². The zero-order valence-electron chi connectivity index (χ0n) is 15.1. The van der Waals surface area contributed by atoms with Crippen LogP contribution >= 0.6 is 0 Å². The van der Waals surface area contributed by atoms with Crippen LogP contribution in [0.2, 0.25) is 0 Å². The zero-order valence-corrected chi connectivity index (χ0v) is 15.1. The van der Waals surface area contributed by atoms with Crippen LogP contribution in [-0.4, -0.2) is 52.3 Å². The molecule has 0 aliphatic carbocycles. The Morgan fingerprint density at radius 1 is 1.22 bits per heavy atom. The molecule has 1 saturated heterocycles. The molecule has 1 aliphatic rings. The second-order valence-electron chi connectivity index (χ2n) is 6.31. The third kappa shape index (κ3) is 3.41. The van der Waals surface area contributed by atoms with Crippen LogP contribution in [0.15, 0.2) is 61.1 Å². The maximum atomic E-state index is 13.3. The Morgan fingerprint density at radius 3 is 2.93 bits per heavy atom. The van der Waals surface area contributed by atoms with Gasteiger partial charge in [-0.25, -0.2) is 9.67 Å². The van der Waals surface area contributed by atoms with Crippen molar-refractivity contribution in [2.24, 2.45) is 0 Å². The van der Waals surface area contributed by atoms with Gasteiger partial charge in [0.1, 0.15) is 5.75 Å². The molecule has 1 N–H and O–H groups in total. The monoisotopic (exact) mass is 363 g/mol. The fourth-order valence-electron chi connectivity index (χ4n) is 3.41. The van der Waals surface area contributed by atoms with Crippen LogP contribution in [0.1, 0.15) is 22.0 Å². The first-order chi connectivity index (χ1) is 13.3. The van der Waals surface area contributed by atoms with Crippen LogP contribution in [0, 0.1) is 0 Å². The Bertz CT molecular complexity index is 926. The summed E-state index contributed by atoms with van der Waals surface area (Å²) in [5, 5.41) is 7.57. The lowest BCUT2D eigenvalue weighted by Crippen LogP contribution is -2.48. The minimum Gasteiger partial charge on any atom is -0.496 e. The minimum atomic E-state index is -0.0938. The number of ether oxygens (including phenoxy) is 1. The van der Waals surface area contributed by atoms with Crippen molar-refractivity contribution in [2.45, 2.75) is 6.04 Å². The van der Waals surface area contributed by atoms with Crippen LogP contribution in [0.4, 0.5) is 0 Å². The van der Waals surface area contributed by atoms with Gasteiger partial charge in [-0.2, -0.15) is 5.10 Å². The van der Waals surface area contributed by atoms with E-state index < -0.39 is 0 Å². The highest BCUT2D eigenvalue weighted by molar-refractivity contribution is 5.95. The van der Waals surface area contributed by atoms with E-state index in [0.717, 1.165) is 17.9 Å². The average molecular weight is 363 g/mol. The molecule has 0 saturated carbocycles. The number of nitrogens with one attached hydrogen (secondary N) is 1. The maximum absolute atomic E-state index is 13.3. The van der Waals surface area contributed by atoms with E-state index in [1.807, 2.05) is 35.2 Å². The topological polar surface area (TPSA) is 72.3 Å². The summed E-state index contributed by atoms with van der Waals surface area (Å²) in [6, 6.07) is 13.1. The Hall–Kier alpha value is -3.19. The average Bonchev–Trinajstić information content (AvgIpc) is 3.28. The van der Waals surface area contributed by atoms with E-state index in [2.05, 4.69) is 15.4 Å². The van der Waals surface area contributed by atoms with E-state index in [1.54, 1.807) is 42.5 Å². The van der Waals surface area contributed by atoms with Crippen LogP contribution in [-0.2, 0) is 0 Å². The van der Waals surface area contributed by atoms with Crippen molar-refractivity contribution in [2.75, 3.05) is 26.7 Å². The molecule has 1 aromatic carbocycles. The number of piperazine rings is 1. The van der Waals surface area contributed by atoms with Gasteiger partial charge in [-0.05, 0) is 24.3 Å². The number of hydrogen-bond donors (Lipinski definition) is 1. The van der Waals surface area contributed by atoms with Gasteiger partial charge < -0.3 is 15.0 Å². The summed E-state index contributed by atoms with van der Waals surface area (Å²) in [6.07, 6.45) is 5.13. The first-order valence-corrected chi connectivity index (χ1v) is 8.88. The molecule has 1 fully saturated rings. The molecule has 0 spiro atoms. The van der Waals surface area contributed by atoms with Crippen LogP contribution in [0.3, 0.4) is 0 Å². The summed E-state index contributed by atoms with van der Waals surface area (Å²) in [4.78, 5) is 19.5. The van der Waals surface area contributed by atoms with Gasteiger partial charge in [0, 0.05) is 49.4 Å². The number of pyridine rings is 1. The van der Waals surface area contributed by atoms with Crippen molar-refractivity contribution in [1.82, 2.24) is 25.0 Å². The number of para-hydroxylation sites is 1. The second-order valence-corrected chi connectivity index (χ2v) is 6.31. The molecule has 7 nitrogen and oxygen atoms in total. The highest BCUT2D eigenvalue weighted by Gasteiger charge is 2.30. The molecular weight excluding hydrogens is 342 g/mol. The van der Waals surface area contributed by atoms with Crippen molar-refractivity contribution >= 4 is 5.91 Å². The highest BCUT2D eigenvalue weighted by atomic mass is 16.5. The summed E-state index contributed by atoms with van der Waals surface area (Å²) in [5.74, 6) is 1.38. The molecule has 1 aliphatic heterocycles. The van der Waals surface area contributed by atoms with Gasteiger partial charge in [0.15, 0.2) is 5.82 Å². The van der Waals surface area contributed by atoms with E-state index in [0.29, 0.717) is 24.5 Å². The first kappa shape index (κ1) is 17.2. The quantitative estimate of drug-likeness (QED) is 0.768. The largest absolute Gasteiger partial charge is 0.496 e. The molecule has 1 amide bonds. The number of carbonyl (C=O) groups excluding carboxylic acids is 1. The molecule has 4 rings (SSSR count). The van der Waals surface area contributed by atoms with Gasteiger partial charge in [-0.15, -0.1) is 0 Å². The molecule has 1 atom stereocenters. The summed E-state index contributed by atoms with van der Waals surface area (Å²) >= 11 is 0. The molecular formula is C20H21N5O2. The number of rotatable bonds is 4. The molecule has 2 aromatic heterocycles. The molecule has 3 heterocycles. The van der Waals surface area contributed by atoms with E-state index >= 15 is 0 Å². The number of amides is 1. The first-order valence-electron chi connectivity index (χ1n) is 8.88. The predicted molar refractivity (Wildman–Crippen MR) is 101 cm³/mol. The van der Waals surface area contributed by atoms with Crippen molar-refractivity contribution in [3.63, 3.8) is 0 Å². The number of methoxy groups -OCH3 is 1. The number of hydrogen-bond acceptors (Lipinski definition) is 5. The lowest BCUT2D eigenvalue weighted by Gasteiger charge is -2.37. The van der Waals surface area contributed by atoms with Crippen LogP contribution < -0.4 is 10.1 Å². The smallest absolute Gasteiger partial charge is 0.254 e. The third-order valence-electron chi connectivity index (χ3n) is 4.73. The van der Waals surface area contributed by atoms with Crippen LogP contribution in [0.25, 0.3) is 5.82 Å². The van der Waals surface area contributed by atoms with Crippen molar-refractivity contribution in [3.05, 3.63) is 72.2 Å². The van der Waals surface area contributed by atoms with Gasteiger partial charge in [-0.3, -0.25) is 4.79 Å². The molecule has 0 bridgehead atoms. The molecule has 3 aromatic rings. The zero-order chi connectivity index (χ0) is 18.6. The fraction of sp³-hybridized carbons (Fsp3) is 0.250. The van der Waals surface area contributed by atoms with E-state index in [4.69, 9.17) is 4.74 Å². The summed E-state index contributed by atoms with van der Waals surface area (Å²) in [6.45, 7) is 2.07. The van der Waals surface area contributed by atoms with Gasteiger partial charge in [0.25, 0.3) is 5.91 Å². The maximum Gasteiger partial charge on any atom is 0.254 e. The van der Waals surface area contributed by atoms with Gasteiger partial charge in [-0.1, -0.05) is 18.2 Å². The van der Waals surface area contributed by atoms with Crippen molar-refractivity contribution in [1.29, 1.82) is 0 Å². The normalized spacial score (nSPS) is 16.9. The SMILES string of the molecule is COc1ccccc1C1CNCCN1C(=O)c1ccnc(-n2cccn2)c1. The summed E-state index contributed by atoms with van der Waals surface area (Å²) in [5.41, 5.74) is 1.60. The van der Waals surface area contributed by atoms with Crippen molar-refractivity contribution in [3.8, 4) is 11.6 Å². The standard InChI is InChI=1S/C20H21N5O2/c1-27-18-6-3-2-5-16(18)17-14-21-10-12-24(17)20(26)15-7-9-22-19(13-15)25-11-4-8-23-25/h2-9,11,13,17,21H,10,12,14H2,1H3. The second kappa shape index (κ2) is 7.59. The Labute approximate surface area is 157 Å². The number of nitrogens with zero attached hydrogens (tertiary/aromatic N) is 4. The Morgan fingerprint density at radius 2 is 2.11 bits per heavy atom. The van der Waals surface area contributed by atoms with E-state index in [-0.39, 0.29) is 11.9 Å². The number of carbonyl (C=O) groups is 1. The summed E-state index contributed by atoms with van der Waals surface area (Å²) < 4.78 is 7.16. The van der Waals surface area contributed by atoms with E-state index in [1.165, 1.54) is 0 Å². The minimum absolute atomic E-state index is 0.0248. The molecule has 27 heavy (non-hydrogen) atoms. The van der Waals surface area contributed by atoms with Crippen LogP contribution in [0.5, 0.6) is 5.75 Å². The predicted octanol–water partition coefficient (Wildman–Crippen LogP) is 2.06. The Balaban J connectivity index is 1.66. The van der Waals surface area contributed by atoms with Crippen molar-refractivity contribution < 1.29 is 9.53 Å². The molecule has 7 heteroatoms. The lowest BCUT2D eigenvalue weighted by atomic mass is 10.0. The molecule has 1 unspecified atom stereocenters. The van der Waals surface area contributed by atoms with Gasteiger partial charge >= 0.3 is 0 Å². The fourth-order valence-corrected chi connectivity index (χ4v) is 3.41. The number of aromatic nitrogens is 3.